The molecule has 0 saturated heterocycles. The van der Waals surface area contributed by atoms with E-state index in [2.05, 4.69) is 37.9 Å². The van der Waals surface area contributed by atoms with E-state index in [-0.39, 0.29) is 0 Å². The Morgan fingerprint density at radius 3 is 2.25 bits per heavy atom. The van der Waals surface area contributed by atoms with Gasteiger partial charge in [-0.2, -0.15) is 0 Å². The third kappa shape index (κ3) is 3.58. The molecule has 0 radical (unpaired) electrons. The maximum atomic E-state index is 5.62. The van der Waals surface area contributed by atoms with Crippen LogP contribution in [0.3, 0.4) is 0 Å². The van der Waals surface area contributed by atoms with E-state index in [4.69, 9.17) is 5.73 Å². The van der Waals surface area contributed by atoms with Crippen LogP contribution in [0.2, 0.25) is 0 Å². The Labute approximate surface area is 91.0 Å². The average molecular weight is 297 g/mol. The first-order valence-electron chi connectivity index (χ1n) is 4.45. The van der Waals surface area contributed by atoms with Crippen molar-refractivity contribution in [2.24, 2.45) is 17.6 Å². The van der Waals surface area contributed by atoms with Crippen LogP contribution < -0.4 is 5.73 Å². The zero-order chi connectivity index (χ0) is 8.97. The monoisotopic (exact) mass is 295 g/mol. The number of nitrogens with two attached hydrogens (primary N) is 1. The highest BCUT2D eigenvalue weighted by Gasteiger charge is 2.18. The lowest BCUT2D eigenvalue weighted by Gasteiger charge is -2.25. The second-order valence-corrected chi connectivity index (χ2v) is 6.25. The summed E-state index contributed by atoms with van der Waals surface area (Å²) in [6, 6.07) is 0. The molecule has 1 nitrogen and oxygen atoms in total. The predicted molar refractivity (Wildman–Crippen MR) is 60.4 cm³/mol. The summed E-state index contributed by atoms with van der Waals surface area (Å²) < 4.78 is 1.09. The minimum Gasteiger partial charge on any atom is -0.330 e. The Hall–Kier alpha value is 0.660. The molecule has 12 heavy (non-hydrogen) atoms. The first kappa shape index (κ1) is 10.7. The van der Waals surface area contributed by atoms with Crippen molar-refractivity contribution in [3.05, 3.63) is 9.47 Å². The Morgan fingerprint density at radius 1 is 1.25 bits per heavy atom. The van der Waals surface area contributed by atoms with Crippen molar-refractivity contribution in [3.8, 4) is 0 Å². The van der Waals surface area contributed by atoms with Gasteiger partial charge in [-0.1, -0.05) is 6.08 Å². The van der Waals surface area contributed by atoms with Gasteiger partial charge in [0.1, 0.15) is 0 Å². The van der Waals surface area contributed by atoms with Gasteiger partial charge >= 0.3 is 0 Å². The summed E-state index contributed by atoms with van der Waals surface area (Å²) in [5, 5.41) is 0. The molecular weight excluding hydrogens is 282 g/mol. The van der Waals surface area contributed by atoms with Crippen molar-refractivity contribution < 1.29 is 0 Å². The molecule has 1 aliphatic carbocycles. The fraction of sp³-hybridized carbons (Fsp3) is 0.778. The van der Waals surface area contributed by atoms with Crippen LogP contribution in [0.1, 0.15) is 25.7 Å². The van der Waals surface area contributed by atoms with Gasteiger partial charge in [0.15, 0.2) is 0 Å². The summed E-state index contributed by atoms with van der Waals surface area (Å²) in [4.78, 5) is 0. The summed E-state index contributed by atoms with van der Waals surface area (Å²) in [5.74, 6) is 1.53. The molecule has 1 rings (SSSR count). The predicted octanol–water partition coefficient (Wildman–Crippen LogP) is 3.38. The topological polar surface area (TPSA) is 26.0 Å². The highest BCUT2D eigenvalue weighted by atomic mass is 79.9. The molecule has 0 spiro atoms. The van der Waals surface area contributed by atoms with Crippen LogP contribution in [0.15, 0.2) is 9.47 Å². The van der Waals surface area contributed by atoms with Gasteiger partial charge < -0.3 is 5.73 Å². The maximum absolute atomic E-state index is 5.62. The van der Waals surface area contributed by atoms with Crippen molar-refractivity contribution >= 4 is 31.9 Å². The lowest BCUT2D eigenvalue weighted by Crippen LogP contribution is -2.20. The molecule has 0 aromatic heterocycles. The largest absolute Gasteiger partial charge is 0.330 e. The second kappa shape index (κ2) is 5.40. The van der Waals surface area contributed by atoms with Crippen LogP contribution in [0, 0.1) is 11.8 Å². The number of allylic oxidation sites excluding steroid dienone is 1. The molecule has 0 unspecified atom stereocenters. The van der Waals surface area contributed by atoms with Gasteiger partial charge in [-0.15, -0.1) is 0 Å². The standard InChI is InChI=1S/C9H15Br2N/c10-9(11)5-7-1-3-8(6-12)4-2-7/h5,7-8H,1-4,6,12H2/t7-,8-. The third-order valence-electron chi connectivity index (χ3n) is 2.59. The van der Waals surface area contributed by atoms with E-state index in [9.17, 15) is 0 Å². The van der Waals surface area contributed by atoms with Crippen molar-refractivity contribution in [1.82, 2.24) is 0 Å². The molecule has 1 saturated carbocycles. The highest BCUT2D eigenvalue weighted by molar-refractivity contribution is 9.28. The molecule has 0 heterocycles. The molecule has 1 fully saturated rings. The van der Waals surface area contributed by atoms with Crippen LogP contribution >= 0.6 is 31.9 Å². The molecular formula is C9H15Br2N. The Morgan fingerprint density at radius 2 is 1.83 bits per heavy atom. The zero-order valence-electron chi connectivity index (χ0n) is 7.10. The fourth-order valence-electron chi connectivity index (χ4n) is 1.77. The highest BCUT2D eigenvalue weighted by Crippen LogP contribution is 2.31. The van der Waals surface area contributed by atoms with Gasteiger partial charge in [0, 0.05) is 0 Å². The fourth-order valence-corrected chi connectivity index (χ4v) is 2.52. The normalized spacial score (nSPS) is 29.9. The van der Waals surface area contributed by atoms with Gasteiger partial charge in [-0.25, -0.2) is 0 Å². The molecule has 1 aliphatic rings. The molecule has 0 aromatic carbocycles. The van der Waals surface area contributed by atoms with E-state index in [1.165, 1.54) is 25.7 Å². The molecule has 2 N–H and O–H groups in total. The Balaban J connectivity index is 2.31. The maximum Gasteiger partial charge on any atom is 0.0567 e. The van der Waals surface area contributed by atoms with Gasteiger partial charge in [0.2, 0.25) is 0 Å². The molecule has 0 aromatic rings. The average Bonchev–Trinajstić information content (AvgIpc) is 2.05. The van der Waals surface area contributed by atoms with Crippen LogP contribution in [-0.4, -0.2) is 6.54 Å². The first-order chi connectivity index (χ1) is 5.72. The summed E-state index contributed by atoms with van der Waals surface area (Å²) in [6.45, 7) is 0.867. The SMILES string of the molecule is NC[C@H]1CC[C@H](C=C(Br)Br)CC1. The van der Waals surface area contributed by atoms with Crippen molar-refractivity contribution in [1.29, 1.82) is 0 Å². The molecule has 0 aliphatic heterocycles. The molecule has 3 heteroatoms. The molecule has 0 atom stereocenters. The number of hydrogen-bond donors (Lipinski definition) is 1. The van der Waals surface area contributed by atoms with Crippen molar-refractivity contribution in [2.75, 3.05) is 6.54 Å². The van der Waals surface area contributed by atoms with Crippen LogP contribution in [0.5, 0.6) is 0 Å². The van der Waals surface area contributed by atoms with Gasteiger partial charge in [-0.05, 0) is 75.9 Å². The van der Waals surface area contributed by atoms with E-state index >= 15 is 0 Å². The van der Waals surface area contributed by atoms with E-state index in [0.29, 0.717) is 0 Å². The third-order valence-corrected chi connectivity index (χ3v) is 3.12. The first-order valence-corrected chi connectivity index (χ1v) is 6.04. The summed E-state index contributed by atoms with van der Waals surface area (Å²) >= 11 is 6.79. The van der Waals surface area contributed by atoms with E-state index in [1.54, 1.807) is 0 Å². The lowest BCUT2D eigenvalue weighted by molar-refractivity contribution is 0.317. The molecule has 0 bridgehead atoms. The minimum absolute atomic E-state index is 0.751. The van der Waals surface area contributed by atoms with Crippen molar-refractivity contribution in [2.45, 2.75) is 25.7 Å². The molecule has 70 valence electrons. The van der Waals surface area contributed by atoms with Crippen LogP contribution in [-0.2, 0) is 0 Å². The quantitative estimate of drug-likeness (QED) is 0.830. The Bertz CT molecular complexity index is 156. The number of rotatable bonds is 2. The number of hydrogen-bond acceptors (Lipinski definition) is 1. The summed E-state index contributed by atoms with van der Waals surface area (Å²) in [7, 11) is 0. The van der Waals surface area contributed by atoms with Crippen LogP contribution in [0.25, 0.3) is 0 Å². The lowest BCUT2D eigenvalue weighted by atomic mass is 9.82. The van der Waals surface area contributed by atoms with E-state index in [1.807, 2.05) is 0 Å². The Kier molecular flexibility index (Phi) is 4.84. The van der Waals surface area contributed by atoms with E-state index < -0.39 is 0 Å². The van der Waals surface area contributed by atoms with Crippen molar-refractivity contribution in [3.63, 3.8) is 0 Å². The smallest absolute Gasteiger partial charge is 0.0567 e. The second-order valence-electron chi connectivity index (χ2n) is 3.47. The molecule has 0 amide bonds. The summed E-state index contributed by atoms with van der Waals surface area (Å²) in [5.41, 5.74) is 5.62. The van der Waals surface area contributed by atoms with Gasteiger partial charge in [0.25, 0.3) is 0 Å². The number of halogens is 2. The van der Waals surface area contributed by atoms with Crippen LogP contribution in [0.4, 0.5) is 0 Å². The minimum atomic E-state index is 0.751. The van der Waals surface area contributed by atoms with Gasteiger partial charge in [0.05, 0.1) is 3.39 Å². The van der Waals surface area contributed by atoms with Gasteiger partial charge in [-0.3, -0.25) is 0 Å². The summed E-state index contributed by atoms with van der Waals surface area (Å²) in [6.07, 6.45) is 7.44. The van der Waals surface area contributed by atoms with E-state index in [0.717, 1.165) is 21.8 Å². The zero-order valence-corrected chi connectivity index (χ0v) is 10.3.